The number of unbranched alkanes of at least 4 members (excludes halogenated alkanes) is 2. The van der Waals surface area contributed by atoms with Gasteiger partial charge in [0.2, 0.25) is 0 Å². The maximum absolute atomic E-state index is 14.8. The molecule has 0 heterocycles. The minimum absolute atomic E-state index is 0.00588. The highest BCUT2D eigenvalue weighted by Gasteiger charge is 2.33. The van der Waals surface area contributed by atoms with Gasteiger partial charge in [-0.2, -0.15) is 8.78 Å². The SMILES string of the molecule is C/C=C/C1CCC(c2ccc(C(F)(F)OCCc3ccc(C4CCC(CCCCC)CC4)cc3)cc2)CC1. The fourth-order valence-electron chi connectivity index (χ4n) is 6.67. The van der Waals surface area contributed by atoms with Crippen LogP contribution in [-0.4, -0.2) is 6.61 Å². The summed E-state index contributed by atoms with van der Waals surface area (Å²) < 4.78 is 34.7. The minimum Gasteiger partial charge on any atom is -0.316 e. The lowest BCUT2D eigenvalue weighted by atomic mass is 9.77. The fourth-order valence-corrected chi connectivity index (χ4v) is 6.67. The van der Waals surface area contributed by atoms with Gasteiger partial charge in [-0.05, 0) is 105 Å². The van der Waals surface area contributed by atoms with Gasteiger partial charge in [-0.15, -0.1) is 0 Å². The zero-order valence-corrected chi connectivity index (χ0v) is 23.6. The normalized spacial score (nSPS) is 24.6. The first-order chi connectivity index (χ1) is 18.5. The summed E-state index contributed by atoms with van der Waals surface area (Å²) in [6.45, 7) is 4.35. The summed E-state index contributed by atoms with van der Waals surface area (Å²) in [4.78, 5) is 0. The molecular weight excluding hydrogens is 474 g/mol. The van der Waals surface area contributed by atoms with Crippen LogP contribution in [0.4, 0.5) is 8.78 Å². The number of alkyl halides is 2. The zero-order chi connectivity index (χ0) is 26.8. The van der Waals surface area contributed by atoms with Crippen LogP contribution in [0.25, 0.3) is 0 Å². The van der Waals surface area contributed by atoms with Crippen molar-refractivity contribution in [1.29, 1.82) is 0 Å². The molecule has 208 valence electrons. The Morgan fingerprint density at radius 1 is 0.789 bits per heavy atom. The molecule has 2 fully saturated rings. The van der Waals surface area contributed by atoms with Crippen molar-refractivity contribution in [2.24, 2.45) is 11.8 Å². The molecule has 3 heteroatoms. The van der Waals surface area contributed by atoms with Gasteiger partial charge in [0.25, 0.3) is 0 Å². The van der Waals surface area contributed by atoms with E-state index in [-0.39, 0.29) is 12.2 Å². The summed E-state index contributed by atoms with van der Waals surface area (Å²) in [6.07, 6.45) is 17.0. The monoisotopic (exact) mass is 522 g/mol. The molecule has 0 saturated heterocycles. The summed E-state index contributed by atoms with van der Waals surface area (Å²) in [6, 6.07) is 15.5. The molecule has 2 saturated carbocycles. The topological polar surface area (TPSA) is 9.23 Å². The van der Waals surface area contributed by atoms with Crippen LogP contribution in [0.2, 0.25) is 0 Å². The van der Waals surface area contributed by atoms with Crippen LogP contribution in [0, 0.1) is 11.8 Å². The van der Waals surface area contributed by atoms with Gasteiger partial charge in [0.05, 0.1) is 12.2 Å². The average Bonchev–Trinajstić information content (AvgIpc) is 2.95. The Hall–Kier alpha value is -2.00. The number of hydrogen-bond donors (Lipinski definition) is 0. The smallest absolute Gasteiger partial charge is 0.316 e. The molecule has 0 aliphatic heterocycles. The molecule has 2 aromatic carbocycles. The highest BCUT2D eigenvalue weighted by molar-refractivity contribution is 5.28. The molecular formula is C35H48F2O. The van der Waals surface area contributed by atoms with Crippen LogP contribution in [-0.2, 0) is 17.3 Å². The summed E-state index contributed by atoms with van der Waals surface area (Å²) >= 11 is 0. The predicted molar refractivity (Wildman–Crippen MR) is 155 cm³/mol. The summed E-state index contributed by atoms with van der Waals surface area (Å²) in [5.41, 5.74) is 3.59. The second-order valence-electron chi connectivity index (χ2n) is 11.8. The molecule has 0 spiro atoms. The first-order valence-corrected chi connectivity index (χ1v) is 15.3. The van der Waals surface area contributed by atoms with Gasteiger partial charge in [0, 0.05) is 0 Å². The van der Waals surface area contributed by atoms with Gasteiger partial charge in [-0.3, -0.25) is 0 Å². The van der Waals surface area contributed by atoms with Crippen LogP contribution < -0.4 is 0 Å². The summed E-state index contributed by atoms with van der Waals surface area (Å²) in [7, 11) is 0. The molecule has 0 amide bonds. The Morgan fingerprint density at radius 3 is 1.95 bits per heavy atom. The number of benzene rings is 2. The van der Waals surface area contributed by atoms with Gasteiger partial charge < -0.3 is 4.74 Å². The number of allylic oxidation sites excluding steroid dienone is 2. The molecule has 0 N–H and O–H groups in total. The first kappa shape index (κ1) is 29.0. The number of halogens is 2. The molecule has 2 aliphatic rings. The second kappa shape index (κ2) is 14.4. The lowest BCUT2D eigenvalue weighted by Crippen LogP contribution is -2.20. The van der Waals surface area contributed by atoms with Crippen LogP contribution in [0.15, 0.2) is 60.7 Å². The van der Waals surface area contributed by atoms with Crippen molar-refractivity contribution in [2.75, 3.05) is 6.61 Å². The fraction of sp³-hybridized carbons (Fsp3) is 0.600. The third kappa shape index (κ3) is 8.25. The number of ether oxygens (including phenoxy) is 1. The Kier molecular flexibility index (Phi) is 11.0. The largest absolute Gasteiger partial charge is 0.383 e. The first-order valence-electron chi connectivity index (χ1n) is 15.3. The zero-order valence-electron chi connectivity index (χ0n) is 23.6. The molecule has 0 aromatic heterocycles. The molecule has 2 aromatic rings. The Bertz CT molecular complexity index is 962. The van der Waals surface area contributed by atoms with E-state index in [1.165, 1.54) is 75.3 Å². The van der Waals surface area contributed by atoms with Crippen molar-refractivity contribution in [2.45, 2.75) is 115 Å². The lowest BCUT2D eigenvalue weighted by molar-refractivity contribution is -0.248. The molecule has 38 heavy (non-hydrogen) atoms. The second-order valence-corrected chi connectivity index (χ2v) is 11.8. The van der Waals surface area contributed by atoms with E-state index in [0.29, 0.717) is 24.2 Å². The van der Waals surface area contributed by atoms with E-state index in [1.54, 1.807) is 12.1 Å². The highest BCUT2D eigenvalue weighted by atomic mass is 19.3. The van der Waals surface area contributed by atoms with Crippen molar-refractivity contribution in [1.82, 2.24) is 0 Å². The van der Waals surface area contributed by atoms with Gasteiger partial charge in [-0.25, -0.2) is 0 Å². The standard InChI is InChI=1S/C35H48F2O/c1-3-5-6-8-28-11-17-30(18-12-28)31-19-13-29(14-20-31)25-26-38-35(36,37)34-23-21-33(22-24-34)32-15-9-27(7-4-2)10-16-32/h4,7,13-14,19-24,27-28,30,32H,3,5-6,8-12,15-18,25-26H2,1-2H3/b7-4+. The highest BCUT2D eigenvalue weighted by Crippen LogP contribution is 2.39. The summed E-state index contributed by atoms with van der Waals surface area (Å²) in [5.74, 6) is 2.71. The van der Waals surface area contributed by atoms with E-state index in [9.17, 15) is 8.78 Å². The summed E-state index contributed by atoms with van der Waals surface area (Å²) in [5, 5.41) is 0. The van der Waals surface area contributed by atoms with E-state index in [2.05, 4.69) is 50.3 Å². The van der Waals surface area contributed by atoms with Gasteiger partial charge in [0.1, 0.15) is 0 Å². The Labute approximate surface area is 230 Å². The number of rotatable bonds is 12. The van der Waals surface area contributed by atoms with E-state index >= 15 is 0 Å². The Morgan fingerprint density at radius 2 is 1.37 bits per heavy atom. The lowest BCUT2D eigenvalue weighted by Gasteiger charge is -2.29. The molecule has 4 rings (SSSR count). The quantitative estimate of drug-likeness (QED) is 0.199. The van der Waals surface area contributed by atoms with Gasteiger partial charge >= 0.3 is 6.11 Å². The minimum atomic E-state index is -3.27. The number of hydrogen-bond acceptors (Lipinski definition) is 1. The van der Waals surface area contributed by atoms with E-state index in [1.807, 2.05) is 12.1 Å². The van der Waals surface area contributed by atoms with Crippen LogP contribution >= 0.6 is 0 Å². The molecule has 2 aliphatic carbocycles. The van der Waals surface area contributed by atoms with Gasteiger partial charge in [0.15, 0.2) is 0 Å². The average molecular weight is 523 g/mol. The molecule has 0 radical (unpaired) electrons. The maximum Gasteiger partial charge on any atom is 0.383 e. The molecule has 0 unspecified atom stereocenters. The van der Waals surface area contributed by atoms with Crippen molar-refractivity contribution < 1.29 is 13.5 Å². The predicted octanol–water partition coefficient (Wildman–Crippen LogP) is 10.7. The maximum atomic E-state index is 14.8. The molecule has 0 bridgehead atoms. The van der Waals surface area contributed by atoms with Crippen molar-refractivity contribution >= 4 is 0 Å². The van der Waals surface area contributed by atoms with Crippen molar-refractivity contribution in [3.8, 4) is 0 Å². The molecule has 1 nitrogen and oxygen atoms in total. The Balaban J connectivity index is 1.20. The van der Waals surface area contributed by atoms with Crippen LogP contribution in [0.1, 0.15) is 125 Å². The van der Waals surface area contributed by atoms with Crippen molar-refractivity contribution in [3.63, 3.8) is 0 Å². The van der Waals surface area contributed by atoms with Gasteiger partial charge in [-0.1, -0.05) is 93.3 Å². The van der Waals surface area contributed by atoms with Crippen LogP contribution in [0.3, 0.4) is 0 Å². The van der Waals surface area contributed by atoms with E-state index in [4.69, 9.17) is 4.74 Å². The third-order valence-corrected chi connectivity index (χ3v) is 9.14. The van der Waals surface area contributed by atoms with E-state index < -0.39 is 6.11 Å². The van der Waals surface area contributed by atoms with Crippen LogP contribution in [0.5, 0.6) is 0 Å². The third-order valence-electron chi connectivity index (χ3n) is 9.14. The van der Waals surface area contributed by atoms with E-state index in [0.717, 1.165) is 24.3 Å². The molecule has 0 atom stereocenters. The van der Waals surface area contributed by atoms with Crippen molar-refractivity contribution in [3.05, 3.63) is 82.9 Å².